The van der Waals surface area contributed by atoms with Crippen LogP contribution in [0.2, 0.25) is 5.15 Å². The Morgan fingerprint density at radius 1 is 1.12 bits per heavy atom. The second-order valence-electron chi connectivity index (χ2n) is 6.84. The topological polar surface area (TPSA) is 79.4 Å². The molecule has 8 heteroatoms. The molecule has 0 spiro atoms. The number of piperidine rings is 1. The standard InChI is InChI=1S/C17H24ClN3O3S/c18-16-7-6-15(12-19-16)25(23,24)21-10-8-14(9-11-21)20-17(22)13-4-2-1-3-5-13/h6-7,12-14H,1-5,8-11H2,(H,20,22). The molecule has 1 N–H and O–H groups in total. The fourth-order valence-electron chi connectivity index (χ4n) is 3.59. The first-order valence-corrected chi connectivity index (χ1v) is 10.7. The van der Waals surface area contributed by atoms with Crippen LogP contribution in [0.25, 0.3) is 0 Å². The van der Waals surface area contributed by atoms with E-state index in [9.17, 15) is 13.2 Å². The summed E-state index contributed by atoms with van der Waals surface area (Å²) < 4.78 is 26.7. The lowest BCUT2D eigenvalue weighted by Crippen LogP contribution is -2.48. The molecule has 2 fully saturated rings. The van der Waals surface area contributed by atoms with Crippen LogP contribution in [0.1, 0.15) is 44.9 Å². The second kappa shape index (κ2) is 8.01. The van der Waals surface area contributed by atoms with E-state index < -0.39 is 10.0 Å². The molecular formula is C17H24ClN3O3S. The van der Waals surface area contributed by atoms with E-state index in [2.05, 4.69) is 10.3 Å². The van der Waals surface area contributed by atoms with Crippen molar-refractivity contribution >= 4 is 27.5 Å². The molecule has 0 unspecified atom stereocenters. The van der Waals surface area contributed by atoms with Gasteiger partial charge in [0.1, 0.15) is 10.0 Å². The lowest BCUT2D eigenvalue weighted by atomic mass is 9.88. The van der Waals surface area contributed by atoms with Crippen molar-refractivity contribution in [2.45, 2.75) is 55.9 Å². The highest BCUT2D eigenvalue weighted by atomic mass is 35.5. The first-order chi connectivity index (χ1) is 12.0. The minimum Gasteiger partial charge on any atom is -0.353 e. The molecule has 2 heterocycles. The second-order valence-corrected chi connectivity index (χ2v) is 9.16. The van der Waals surface area contributed by atoms with Gasteiger partial charge in [-0.1, -0.05) is 30.9 Å². The first kappa shape index (κ1) is 18.6. The fraction of sp³-hybridized carbons (Fsp3) is 0.647. The summed E-state index contributed by atoms with van der Waals surface area (Å²) in [7, 11) is -3.55. The van der Waals surface area contributed by atoms with Gasteiger partial charge in [0.15, 0.2) is 0 Å². The molecule has 1 aliphatic carbocycles. The summed E-state index contributed by atoms with van der Waals surface area (Å²) in [5.74, 6) is 0.276. The van der Waals surface area contributed by atoms with Crippen LogP contribution >= 0.6 is 11.6 Å². The third-order valence-corrected chi connectivity index (χ3v) is 7.22. The zero-order chi connectivity index (χ0) is 17.9. The predicted molar refractivity (Wildman–Crippen MR) is 95.7 cm³/mol. The number of pyridine rings is 1. The number of amides is 1. The van der Waals surface area contributed by atoms with E-state index in [1.165, 1.54) is 29.1 Å². The molecule has 1 amide bonds. The van der Waals surface area contributed by atoms with Gasteiger partial charge in [-0.15, -0.1) is 0 Å². The summed E-state index contributed by atoms with van der Waals surface area (Å²) in [6.07, 6.45) is 7.99. The van der Waals surface area contributed by atoms with Crippen LogP contribution in [-0.2, 0) is 14.8 Å². The number of hydrogen-bond donors (Lipinski definition) is 1. The van der Waals surface area contributed by atoms with Crippen molar-refractivity contribution in [2.24, 2.45) is 5.92 Å². The number of nitrogens with zero attached hydrogens (tertiary/aromatic N) is 2. The lowest BCUT2D eigenvalue weighted by molar-refractivity contribution is -0.126. The molecule has 6 nitrogen and oxygen atoms in total. The van der Waals surface area contributed by atoms with E-state index in [-0.39, 0.29) is 27.9 Å². The van der Waals surface area contributed by atoms with E-state index >= 15 is 0 Å². The monoisotopic (exact) mass is 385 g/mol. The van der Waals surface area contributed by atoms with E-state index in [4.69, 9.17) is 11.6 Å². The molecule has 138 valence electrons. The number of carbonyl (C=O) groups is 1. The zero-order valence-corrected chi connectivity index (χ0v) is 15.7. The predicted octanol–water partition coefficient (Wildman–Crippen LogP) is 2.58. The highest BCUT2D eigenvalue weighted by molar-refractivity contribution is 7.89. The number of sulfonamides is 1. The highest BCUT2D eigenvalue weighted by Crippen LogP contribution is 2.25. The average Bonchev–Trinajstić information content (AvgIpc) is 2.63. The van der Waals surface area contributed by atoms with Crippen LogP contribution in [0, 0.1) is 5.92 Å². The number of nitrogens with one attached hydrogen (secondary N) is 1. The normalized spacial score (nSPS) is 21.2. The van der Waals surface area contributed by atoms with Gasteiger partial charge in [0, 0.05) is 31.2 Å². The minimum absolute atomic E-state index is 0.0595. The van der Waals surface area contributed by atoms with Crippen molar-refractivity contribution in [3.63, 3.8) is 0 Å². The summed E-state index contributed by atoms with van der Waals surface area (Å²) in [6.45, 7) is 0.807. The maximum Gasteiger partial charge on any atom is 0.244 e. The molecule has 1 aromatic heterocycles. The van der Waals surface area contributed by atoms with Gasteiger partial charge in [0.2, 0.25) is 15.9 Å². The van der Waals surface area contributed by atoms with E-state index in [0.29, 0.717) is 25.9 Å². The fourth-order valence-corrected chi connectivity index (χ4v) is 5.12. The average molecular weight is 386 g/mol. The Morgan fingerprint density at radius 2 is 1.80 bits per heavy atom. The van der Waals surface area contributed by atoms with Gasteiger partial charge in [0.25, 0.3) is 0 Å². The molecule has 0 radical (unpaired) electrons. The molecule has 2 aliphatic rings. The smallest absolute Gasteiger partial charge is 0.244 e. The number of hydrogen-bond acceptors (Lipinski definition) is 4. The largest absolute Gasteiger partial charge is 0.353 e. The van der Waals surface area contributed by atoms with E-state index in [1.807, 2.05) is 0 Å². The quantitative estimate of drug-likeness (QED) is 0.808. The molecule has 1 aliphatic heterocycles. The van der Waals surface area contributed by atoms with Gasteiger partial charge in [-0.25, -0.2) is 13.4 Å². The first-order valence-electron chi connectivity index (χ1n) is 8.89. The molecule has 1 saturated heterocycles. The molecule has 0 atom stereocenters. The van der Waals surface area contributed by atoms with Gasteiger partial charge >= 0.3 is 0 Å². The maximum absolute atomic E-state index is 12.6. The summed E-state index contributed by atoms with van der Waals surface area (Å²) in [5.41, 5.74) is 0. The van der Waals surface area contributed by atoms with Gasteiger partial charge < -0.3 is 5.32 Å². The molecule has 0 bridgehead atoms. The van der Waals surface area contributed by atoms with Crippen LogP contribution in [0.3, 0.4) is 0 Å². The molecule has 1 aromatic rings. The number of halogens is 1. The molecule has 25 heavy (non-hydrogen) atoms. The number of aromatic nitrogens is 1. The Balaban J connectivity index is 1.54. The maximum atomic E-state index is 12.6. The van der Waals surface area contributed by atoms with Crippen LogP contribution in [0.4, 0.5) is 0 Å². The Morgan fingerprint density at radius 3 is 2.40 bits per heavy atom. The van der Waals surface area contributed by atoms with Gasteiger partial charge in [-0.3, -0.25) is 4.79 Å². The Labute approximate surface area is 154 Å². The number of carbonyl (C=O) groups excluding carboxylic acids is 1. The minimum atomic E-state index is -3.55. The molecule has 1 saturated carbocycles. The Bertz CT molecular complexity index is 694. The van der Waals surface area contributed by atoms with E-state index in [1.54, 1.807) is 0 Å². The summed E-state index contributed by atoms with van der Waals surface area (Å²) >= 11 is 5.72. The van der Waals surface area contributed by atoms with Crippen LogP contribution in [0.15, 0.2) is 23.2 Å². The number of rotatable bonds is 4. The van der Waals surface area contributed by atoms with Crippen LogP contribution in [0.5, 0.6) is 0 Å². The van der Waals surface area contributed by atoms with Crippen molar-refractivity contribution < 1.29 is 13.2 Å². The third-order valence-electron chi connectivity index (χ3n) is 5.11. The summed E-state index contributed by atoms with van der Waals surface area (Å²) in [5, 5.41) is 3.38. The lowest BCUT2D eigenvalue weighted by Gasteiger charge is -2.32. The summed E-state index contributed by atoms with van der Waals surface area (Å²) in [4.78, 5) is 16.3. The SMILES string of the molecule is O=C(NC1CCN(S(=O)(=O)c2ccc(Cl)nc2)CC1)C1CCCCC1. The Kier molecular flexibility index (Phi) is 5.96. The van der Waals surface area contributed by atoms with Crippen LogP contribution < -0.4 is 5.32 Å². The van der Waals surface area contributed by atoms with Gasteiger partial charge in [-0.2, -0.15) is 4.31 Å². The molecule has 0 aromatic carbocycles. The van der Waals surface area contributed by atoms with Crippen LogP contribution in [-0.4, -0.2) is 42.7 Å². The summed E-state index contributed by atoms with van der Waals surface area (Å²) in [6, 6.07) is 3.01. The van der Waals surface area contributed by atoms with Gasteiger partial charge in [-0.05, 0) is 37.8 Å². The third kappa shape index (κ3) is 4.51. The molecule has 3 rings (SSSR count). The van der Waals surface area contributed by atoms with E-state index in [0.717, 1.165) is 25.7 Å². The Hall–Kier alpha value is -1.18. The molecular weight excluding hydrogens is 362 g/mol. The van der Waals surface area contributed by atoms with Crippen molar-refractivity contribution in [3.05, 3.63) is 23.5 Å². The van der Waals surface area contributed by atoms with Crippen molar-refractivity contribution in [2.75, 3.05) is 13.1 Å². The van der Waals surface area contributed by atoms with Gasteiger partial charge in [0.05, 0.1) is 0 Å². The zero-order valence-electron chi connectivity index (χ0n) is 14.2. The highest BCUT2D eigenvalue weighted by Gasteiger charge is 2.31. The van der Waals surface area contributed by atoms with Crippen molar-refractivity contribution in [3.8, 4) is 0 Å². The van der Waals surface area contributed by atoms with Crippen molar-refractivity contribution in [1.29, 1.82) is 0 Å². The van der Waals surface area contributed by atoms with Crippen molar-refractivity contribution in [1.82, 2.24) is 14.6 Å².